The lowest BCUT2D eigenvalue weighted by Crippen LogP contribution is -2.36. The number of piperidine rings is 1. The maximum Gasteiger partial charge on any atom is 0.291 e. The number of imidazole rings is 1. The molecule has 0 spiro atoms. The summed E-state index contributed by atoms with van der Waals surface area (Å²) in [5.74, 6) is 0.140. The average molecular weight is 511 g/mol. The fourth-order valence-corrected chi connectivity index (χ4v) is 5.35. The molecule has 10 heteroatoms. The van der Waals surface area contributed by atoms with Gasteiger partial charge in [-0.25, -0.2) is 13.4 Å². The molecule has 9 nitrogen and oxygen atoms in total. The van der Waals surface area contributed by atoms with Gasteiger partial charge in [-0.2, -0.15) is 5.26 Å². The highest BCUT2D eigenvalue weighted by molar-refractivity contribution is 7.90. The molecule has 0 bridgehead atoms. The summed E-state index contributed by atoms with van der Waals surface area (Å²) in [6.45, 7) is 6.76. The summed E-state index contributed by atoms with van der Waals surface area (Å²) >= 11 is 0. The van der Waals surface area contributed by atoms with Gasteiger partial charge in [0.15, 0.2) is 11.5 Å². The Labute approximate surface area is 212 Å². The molecule has 2 aliphatic rings. The number of sulfone groups is 1. The maximum absolute atomic E-state index is 12.8. The van der Waals surface area contributed by atoms with Crippen LogP contribution >= 0.6 is 0 Å². The van der Waals surface area contributed by atoms with Gasteiger partial charge in [0.05, 0.1) is 17.1 Å². The van der Waals surface area contributed by atoms with E-state index in [0.717, 1.165) is 62.2 Å². The molecule has 0 unspecified atom stereocenters. The van der Waals surface area contributed by atoms with Crippen molar-refractivity contribution in [2.75, 3.05) is 37.0 Å². The zero-order valence-corrected chi connectivity index (χ0v) is 22.0. The molecule has 3 heterocycles. The second-order valence-electron chi connectivity index (χ2n) is 10.7. The van der Waals surface area contributed by atoms with E-state index in [1.165, 1.54) is 12.5 Å². The lowest BCUT2D eigenvalue weighted by molar-refractivity contribution is 0.101. The molecule has 1 saturated heterocycles. The van der Waals surface area contributed by atoms with Crippen LogP contribution in [0.1, 0.15) is 79.6 Å². The number of nitriles is 1. The van der Waals surface area contributed by atoms with Crippen molar-refractivity contribution in [3.8, 4) is 6.07 Å². The monoisotopic (exact) mass is 510 g/mol. The molecule has 0 aromatic carbocycles. The summed E-state index contributed by atoms with van der Waals surface area (Å²) < 4.78 is 23.0. The minimum Gasteiger partial charge on any atom is -0.339 e. The summed E-state index contributed by atoms with van der Waals surface area (Å²) in [4.78, 5) is 26.9. The highest BCUT2D eigenvalue weighted by Gasteiger charge is 2.27. The normalized spacial score (nSPS) is 18.9. The molecular formula is C26H34N6O3S. The minimum atomic E-state index is -2.97. The molecule has 2 N–H and O–H groups in total. The lowest BCUT2D eigenvalue weighted by atomic mass is 9.77. The molecule has 0 atom stereocenters. The van der Waals surface area contributed by atoms with Crippen LogP contribution in [0.5, 0.6) is 0 Å². The second-order valence-corrected chi connectivity index (χ2v) is 12.9. The molecule has 1 amide bonds. The van der Waals surface area contributed by atoms with Crippen molar-refractivity contribution < 1.29 is 13.2 Å². The zero-order valence-electron chi connectivity index (χ0n) is 21.2. The first kappa shape index (κ1) is 26.0. The number of H-pyrrole nitrogens is 1. The van der Waals surface area contributed by atoms with Crippen LogP contribution in [0, 0.1) is 16.7 Å². The summed E-state index contributed by atoms with van der Waals surface area (Å²) in [7, 11) is -2.97. The number of pyridine rings is 1. The van der Waals surface area contributed by atoms with E-state index in [2.05, 4.69) is 40.1 Å². The van der Waals surface area contributed by atoms with Gasteiger partial charge in [0.1, 0.15) is 15.9 Å². The number of hydrogen-bond donors (Lipinski definition) is 2. The van der Waals surface area contributed by atoms with E-state index in [1.54, 1.807) is 0 Å². The molecule has 1 aliphatic heterocycles. The molecule has 1 fully saturated rings. The van der Waals surface area contributed by atoms with Crippen LogP contribution in [0.2, 0.25) is 0 Å². The van der Waals surface area contributed by atoms with Gasteiger partial charge in [-0.05, 0) is 68.3 Å². The number of amides is 1. The van der Waals surface area contributed by atoms with Gasteiger partial charge in [-0.1, -0.05) is 19.9 Å². The Morgan fingerprint density at radius 2 is 2.03 bits per heavy atom. The van der Waals surface area contributed by atoms with Gasteiger partial charge < -0.3 is 15.2 Å². The predicted molar refractivity (Wildman–Crippen MR) is 139 cm³/mol. The van der Waals surface area contributed by atoms with Crippen molar-refractivity contribution in [1.82, 2.24) is 19.9 Å². The molecule has 2 aromatic rings. The van der Waals surface area contributed by atoms with Crippen LogP contribution in [0.15, 0.2) is 24.4 Å². The fraction of sp³-hybridized carbons (Fsp3) is 0.538. The summed E-state index contributed by atoms with van der Waals surface area (Å²) in [6, 6.07) is 5.82. The molecule has 0 radical (unpaired) electrons. The Hall–Kier alpha value is -3.03. The van der Waals surface area contributed by atoms with Gasteiger partial charge in [0.2, 0.25) is 0 Å². The number of aromatic nitrogens is 3. The number of likely N-dealkylation sites (tertiary alicyclic amines) is 1. The molecule has 192 valence electrons. The van der Waals surface area contributed by atoms with Crippen molar-refractivity contribution in [3.63, 3.8) is 0 Å². The van der Waals surface area contributed by atoms with E-state index in [9.17, 15) is 13.2 Å². The predicted octanol–water partition coefficient (Wildman–Crippen LogP) is 3.75. The molecule has 36 heavy (non-hydrogen) atoms. The first-order valence-electron chi connectivity index (χ1n) is 12.4. The van der Waals surface area contributed by atoms with E-state index < -0.39 is 15.7 Å². The topological polar surface area (TPSA) is 132 Å². The fourth-order valence-electron chi connectivity index (χ4n) is 4.76. The van der Waals surface area contributed by atoms with E-state index in [-0.39, 0.29) is 28.6 Å². The smallest absolute Gasteiger partial charge is 0.291 e. The Kier molecular flexibility index (Phi) is 7.62. The number of anilines is 1. The van der Waals surface area contributed by atoms with Crippen LogP contribution in [0.25, 0.3) is 5.57 Å². The first-order valence-corrected chi connectivity index (χ1v) is 14.5. The zero-order chi connectivity index (χ0) is 25.9. The third-order valence-corrected chi connectivity index (χ3v) is 8.06. The number of nitrogens with one attached hydrogen (secondary N) is 2. The van der Waals surface area contributed by atoms with E-state index in [4.69, 9.17) is 10.2 Å². The number of carbonyl (C=O) groups excluding carboxylic acids is 1. The number of rotatable bonds is 7. The molecule has 0 saturated carbocycles. The third-order valence-electron chi connectivity index (χ3n) is 7.13. The molecule has 4 rings (SSSR count). The SMILES string of the molecule is CC1(C)CC=C(c2nc(C3CCN(CCS(C)(=O)=O)CC3)ccc2NC(=O)c2nc(C#N)c[nH]2)CC1. The van der Waals surface area contributed by atoms with Gasteiger partial charge in [0.25, 0.3) is 5.91 Å². The van der Waals surface area contributed by atoms with Crippen LogP contribution in [-0.2, 0) is 9.84 Å². The Balaban J connectivity index is 1.54. The molecule has 2 aromatic heterocycles. The number of aromatic amines is 1. The van der Waals surface area contributed by atoms with Crippen molar-refractivity contribution >= 4 is 27.0 Å². The van der Waals surface area contributed by atoms with Crippen molar-refractivity contribution in [2.24, 2.45) is 5.41 Å². The molecule has 1 aliphatic carbocycles. The van der Waals surface area contributed by atoms with Crippen molar-refractivity contribution in [2.45, 2.75) is 51.9 Å². The Bertz CT molecular complexity index is 1300. The van der Waals surface area contributed by atoms with Crippen molar-refractivity contribution in [3.05, 3.63) is 47.3 Å². The van der Waals surface area contributed by atoms with E-state index in [0.29, 0.717) is 12.2 Å². The standard InChI is InChI=1S/C26H34N6O3S/c1-26(2)10-6-19(7-11-26)23-22(31-25(33)24-28-17-20(16-27)29-24)5-4-21(30-23)18-8-12-32(13-9-18)14-15-36(3,34)35/h4-6,17-18H,7-15H2,1-3H3,(H,28,29)(H,31,33). The summed E-state index contributed by atoms with van der Waals surface area (Å²) in [5, 5.41) is 11.9. The largest absolute Gasteiger partial charge is 0.339 e. The van der Waals surface area contributed by atoms with E-state index >= 15 is 0 Å². The van der Waals surface area contributed by atoms with Gasteiger partial charge in [-0.15, -0.1) is 0 Å². The van der Waals surface area contributed by atoms with Crippen LogP contribution in [0.3, 0.4) is 0 Å². The summed E-state index contributed by atoms with van der Waals surface area (Å²) in [5.41, 5.74) is 3.97. The molecular weight excluding hydrogens is 476 g/mol. The second kappa shape index (κ2) is 10.5. The number of allylic oxidation sites excluding steroid dienone is 2. The third kappa shape index (κ3) is 6.59. The van der Waals surface area contributed by atoms with Gasteiger partial charge in [0, 0.05) is 30.6 Å². The number of hydrogen-bond acceptors (Lipinski definition) is 7. The highest BCUT2D eigenvalue weighted by atomic mass is 32.2. The van der Waals surface area contributed by atoms with Gasteiger partial charge in [-0.3, -0.25) is 9.78 Å². The Morgan fingerprint density at radius 1 is 1.28 bits per heavy atom. The number of carbonyl (C=O) groups is 1. The van der Waals surface area contributed by atoms with Crippen LogP contribution < -0.4 is 5.32 Å². The van der Waals surface area contributed by atoms with Crippen LogP contribution in [-0.4, -0.2) is 65.8 Å². The minimum absolute atomic E-state index is 0.0850. The van der Waals surface area contributed by atoms with E-state index in [1.807, 2.05) is 18.2 Å². The first-order chi connectivity index (χ1) is 17.0. The quantitative estimate of drug-likeness (QED) is 0.580. The lowest BCUT2D eigenvalue weighted by Gasteiger charge is -2.32. The maximum atomic E-state index is 12.8. The van der Waals surface area contributed by atoms with Gasteiger partial charge >= 0.3 is 0 Å². The highest BCUT2D eigenvalue weighted by Crippen LogP contribution is 2.40. The van der Waals surface area contributed by atoms with Crippen molar-refractivity contribution in [1.29, 1.82) is 5.26 Å². The Morgan fingerprint density at radius 3 is 2.64 bits per heavy atom. The van der Waals surface area contributed by atoms with Crippen LogP contribution in [0.4, 0.5) is 5.69 Å². The number of nitrogens with zero attached hydrogens (tertiary/aromatic N) is 4. The summed E-state index contributed by atoms with van der Waals surface area (Å²) in [6.07, 6.45) is 9.63. The average Bonchev–Trinajstić information content (AvgIpc) is 3.33.